The quantitative estimate of drug-likeness (QED) is 0.550. The lowest BCUT2D eigenvalue weighted by Crippen LogP contribution is -2.65. The molecule has 2 aromatic carbocycles. The van der Waals surface area contributed by atoms with Gasteiger partial charge in [-0.05, 0) is 36.1 Å². The first kappa shape index (κ1) is 25.1. The summed E-state index contributed by atoms with van der Waals surface area (Å²) in [6, 6.07) is 12.9. The second-order valence-corrected chi connectivity index (χ2v) is 8.36. The lowest BCUT2D eigenvalue weighted by Gasteiger charge is -2.43. The number of carbonyl (C=O) groups is 3. The zero-order valence-corrected chi connectivity index (χ0v) is 19.3. The van der Waals surface area contributed by atoms with Crippen molar-refractivity contribution in [1.82, 2.24) is 15.1 Å². The topological polar surface area (TPSA) is 95.7 Å². The molecule has 3 N–H and O–H groups in total. The SMILES string of the molecule is C=CC[C@H]1C(=O)N([C@@H](Cc2ccccc2)C(=O)NC)CCN1C(=O)[C@H](N)Cc1ccc(F)cc1. The Bertz CT molecular complexity index is 1010. The van der Waals surface area contributed by atoms with Gasteiger partial charge >= 0.3 is 0 Å². The average Bonchev–Trinajstić information content (AvgIpc) is 2.85. The first-order valence-electron chi connectivity index (χ1n) is 11.3. The molecule has 0 aromatic heterocycles. The zero-order chi connectivity index (χ0) is 24.7. The van der Waals surface area contributed by atoms with Crippen LogP contribution in [0, 0.1) is 5.82 Å². The second-order valence-electron chi connectivity index (χ2n) is 8.36. The number of benzene rings is 2. The van der Waals surface area contributed by atoms with Gasteiger partial charge in [-0.3, -0.25) is 14.4 Å². The third-order valence-corrected chi connectivity index (χ3v) is 6.08. The first-order chi connectivity index (χ1) is 16.3. The third-order valence-electron chi connectivity index (χ3n) is 6.08. The van der Waals surface area contributed by atoms with Gasteiger partial charge in [0.2, 0.25) is 17.7 Å². The molecule has 3 atom stereocenters. The third kappa shape index (κ3) is 5.88. The zero-order valence-electron chi connectivity index (χ0n) is 19.3. The van der Waals surface area contributed by atoms with Crippen molar-refractivity contribution >= 4 is 17.7 Å². The molecule has 1 fully saturated rings. The van der Waals surface area contributed by atoms with Gasteiger partial charge in [-0.25, -0.2) is 4.39 Å². The minimum atomic E-state index is -0.879. The van der Waals surface area contributed by atoms with Gasteiger partial charge in [-0.15, -0.1) is 6.58 Å². The average molecular weight is 467 g/mol. The molecule has 8 heteroatoms. The molecule has 3 rings (SSSR count). The highest BCUT2D eigenvalue weighted by Gasteiger charge is 2.42. The van der Waals surface area contributed by atoms with Gasteiger partial charge in [0.05, 0.1) is 6.04 Å². The molecule has 0 saturated carbocycles. The van der Waals surface area contributed by atoms with Gasteiger partial charge in [-0.2, -0.15) is 0 Å². The molecule has 1 heterocycles. The highest BCUT2D eigenvalue weighted by molar-refractivity contribution is 5.94. The van der Waals surface area contributed by atoms with Crippen LogP contribution in [0.4, 0.5) is 4.39 Å². The Labute approximate surface area is 199 Å². The van der Waals surface area contributed by atoms with Crippen molar-refractivity contribution < 1.29 is 18.8 Å². The number of carbonyl (C=O) groups excluding carboxylic acids is 3. The number of nitrogens with zero attached hydrogens (tertiary/aromatic N) is 2. The number of nitrogens with one attached hydrogen (secondary N) is 1. The van der Waals surface area contributed by atoms with E-state index >= 15 is 0 Å². The molecule has 3 amide bonds. The largest absolute Gasteiger partial charge is 0.357 e. The molecule has 34 heavy (non-hydrogen) atoms. The Kier molecular flexibility index (Phi) is 8.54. The molecule has 7 nitrogen and oxygen atoms in total. The van der Waals surface area contributed by atoms with Crippen molar-refractivity contribution in [3.05, 3.63) is 84.2 Å². The molecule has 0 aliphatic carbocycles. The Balaban J connectivity index is 1.78. The Hall–Kier alpha value is -3.52. The van der Waals surface area contributed by atoms with Crippen LogP contribution in [0.5, 0.6) is 0 Å². The van der Waals surface area contributed by atoms with E-state index in [1.54, 1.807) is 30.2 Å². The summed E-state index contributed by atoms with van der Waals surface area (Å²) in [5.41, 5.74) is 7.85. The van der Waals surface area contributed by atoms with Crippen molar-refractivity contribution in [2.75, 3.05) is 20.1 Å². The van der Waals surface area contributed by atoms with E-state index < -0.39 is 18.1 Å². The van der Waals surface area contributed by atoms with Crippen LogP contribution in [0.2, 0.25) is 0 Å². The van der Waals surface area contributed by atoms with Crippen LogP contribution >= 0.6 is 0 Å². The van der Waals surface area contributed by atoms with Gasteiger partial charge < -0.3 is 20.9 Å². The number of halogens is 1. The van der Waals surface area contributed by atoms with E-state index in [1.807, 2.05) is 30.3 Å². The fourth-order valence-electron chi connectivity index (χ4n) is 4.29. The molecule has 1 saturated heterocycles. The minimum absolute atomic E-state index is 0.215. The fraction of sp³-hybridized carbons (Fsp3) is 0.346. The molecule has 0 bridgehead atoms. The van der Waals surface area contributed by atoms with E-state index in [0.29, 0.717) is 6.42 Å². The normalized spacial score (nSPS) is 17.7. The van der Waals surface area contributed by atoms with Crippen molar-refractivity contribution in [2.24, 2.45) is 5.73 Å². The summed E-state index contributed by atoms with van der Waals surface area (Å²) in [6.45, 7) is 4.21. The van der Waals surface area contributed by atoms with Crippen LogP contribution in [0.25, 0.3) is 0 Å². The Morgan fingerprint density at radius 2 is 1.76 bits per heavy atom. The van der Waals surface area contributed by atoms with Crippen molar-refractivity contribution in [3.63, 3.8) is 0 Å². The molecular formula is C26H31FN4O3. The molecule has 1 aliphatic rings. The van der Waals surface area contributed by atoms with Gasteiger partial charge in [-0.1, -0.05) is 48.5 Å². The lowest BCUT2D eigenvalue weighted by molar-refractivity contribution is -0.156. The highest BCUT2D eigenvalue weighted by Crippen LogP contribution is 2.21. The van der Waals surface area contributed by atoms with E-state index in [1.165, 1.54) is 17.0 Å². The van der Waals surface area contributed by atoms with Gasteiger partial charge in [0.1, 0.15) is 17.9 Å². The minimum Gasteiger partial charge on any atom is -0.357 e. The number of amides is 3. The molecule has 180 valence electrons. The Morgan fingerprint density at radius 1 is 1.12 bits per heavy atom. The van der Waals surface area contributed by atoms with Crippen LogP contribution in [-0.4, -0.2) is 65.8 Å². The lowest BCUT2D eigenvalue weighted by atomic mass is 9.98. The summed E-state index contributed by atoms with van der Waals surface area (Å²) in [7, 11) is 1.54. The maximum atomic E-state index is 13.5. The van der Waals surface area contributed by atoms with Crippen LogP contribution in [0.3, 0.4) is 0 Å². The maximum absolute atomic E-state index is 13.5. The number of rotatable bonds is 9. The summed E-state index contributed by atoms with van der Waals surface area (Å²) in [4.78, 5) is 42.5. The van der Waals surface area contributed by atoms with Gasteiger partial charge in [0, 0.05) is 26.6 Å². The van der Waals surface area contributed by atoms with E-state index in [0.717, 1.165) is 11.1 Å². The van der Waals surface area contributed by atoms with Crippen LogP contribution < -0.4 is 11.1 Å². The predicted molar refractivity (Wildman–Crippen MR) is 128 cm³/mol. The number of hydrogen-bond donors (Lipinski definition) is 2. The summed E-state index contributed by atoms with van der Waals surface area (Å²) in [6.07, 6.45) is 2.42. The van der Waals surface area contributed by atoms with Crippen LogP contribution in [-0.2, 0) is 27.2 Å². The van der Waals surface area contributed by atoms with Crippen molar-refractivity contribution in [2.45, 2.75) is 37.4 Å². The van der Waals surface area contributed by atoms with Crippen molar-refractivity contribution in [1.29, 1.82) is 0 Å². The molecule has 2 aromatic rings. The summed E-state index contributed by atoms with van der Waals surface area (Å²) in [5, 5.41) is 2.65. The van der Waals surface area contributed by atoms with E-state index in [9.17, 15) is 18.8 Å². The maximum Gasteiger partial charge on any atom is 0.246 e. The highest BCUT2D eigenvalue weighted by atomic mass is 19.1. The van der Waals surface area contributed by atoms with E-state index in [2.05, 4.69) is 11.9 Å². The van der Waals surface area contributed by atoms with Crippen LogP contribution in [0.15, 0.2) is 67.3 Å². The van der Waals surface area contributed by atoms with E-state index in [-0.39, 0.29) is 49.5 Å². The molecular weight excluding hydrogens is 435 g/mol. The summed E-state index contributed by atoms with van der Waals surface area (Å²) in [5.74, 6) is -1.29. The molecule has 0 spiro atoms. The number of likely N-dealkylation sites (N-methyl/N-ethyl adjacent to an activating group) is 1. The second kappa shape index (κ2) is 11.6. The standard InChI is InChI=1S/C26H31FN4O3/c1-3-7-22-26(34)31(23(24(32)29-2)17-18-8-5-4-6-9-18)15-14-30(22)25(33)21(28)16-19-10-12-20(27)13-11-19/h3-6,8-13,21-23H,1,7,14-17,28H2,2H3,(H,29,32)/t21-,22+,23+/m1/s1. The predicted octanol–water partition coefficient (Wildman–Crippen LogP) is 1.67. The smallest absolute Gasteiger partial charge is 0.246 e. The number of nitrogens with two attached hydrogens (primary N) is 1. The number of hydrogen-bond acceptors (Lipinski definition) is 4. The fourth-order valence-corrected chi connectivity index (χ4v) is 4.29. The molecule has 1 aliphatic heterocycles. The first-order valence-corrected chi connectivity index (χ1v) is 11.3. The summed E-state index contributed by atoms with van der Waals surface area (Å²) < 4.78 is 13.2. The van der Waals surface area contributed by atoms with E-state index in [4.69, 9.17) is 5.73 Å². The Morgan fingerprint density at radius 3 is 2.38 bits per heavy atom. The monoisotopic (exact) mass is 466 g/mol. The molecule has 0 unspecified atom stereocenters. The summed E-state index contributed by atoms with van der Waals surface area (Å²) >= 11 is 0. The van der Waals surface area contributed by atoms with Crippen molar-refractivity contribution in [3.8, 4) is 0 Å². The van der Waals surface area contributed by atoms with Crippen LogP contribution in [0.1, 0.15) is 17.5 Å². The van der Waals surface area contributed by atoms with Gasteiger partial charge in [0.15, 0.2) is 0 Å². The van der Waals surface area contributed by atoms with Gasteiger partial charge in [0.25, 0.3) is 0 Å². The molecule has 0 radical (unpaired) electrons. The number of piperazine rings is 1.